The molecule has 2 aliphatic rings. The molecule has 1 N–H and O–H groups in total. The van der Waals surface area contributed by atoms with Gasteiger partial charge in [0.1, 0.15) is 17.9 Å². The predicted molar refractivity (Wildman–Crippen MR) is 105 cm³/mol. The largest absolute Gasteiger partial charge is 0.374 e. The molecule has 29 heavy (non-hydrogen) atoms. The van der Waals surface area contributed by atoms with E-state index in [1.807, 2.05) is 36.4 Å². The van der Waals surface area contributed by atoms with E-state index in [2.05, 4.69) is 10.2 Å². The number of ether oxygens (including phenoxy) is 1. The summed E-state index contributed by atoms with van der Waals surface area (Å²) in [5.74, 6) is -0.542. The maximum absolute atomic E-state index is 13.4. The molecule has 0 saturated carbocycles. The Bertz CT molecular complexity index is 877. The van der Waals surface area contributed by atoms with E-state index in [9.17, 15) is 14.0 Å². The maximum Gasteiger partial charge on any atom is 0.248 e. The Morgan fingerprint density at radius 2 is 1.83 bits per heavy atom. The van der Waals surface area contributed by atoms with E-state index in [0.717, 1.165) is 11.1 Å². The number of rotatable bonds is 6. The molecule has 2 fully saturated rings. The first-order valence-corrected chi connectivity index (χ1v) is 9.79. The van der Waals surface area contributed by atoms with E-state index in [1.165, 1.54) is 12.1 Å². The lowest BCUT2D eigenvalue weighted by Gasteiger charge is -2.45. The molecule has 0 bridgehead atoms. The number of hydrogen-bond donors (Lipinski definition) is 1. The van der Waals surface area contributed by atoms with E-state index in [1.54, 1.807) is 11.0 Å². The van der Waals surface area contributed by atoms with Gasteiger partial charge >= 0.3 is 0 Å². The van der Waals surface area contributed by atoms with Crippen molar-refractivity contribution in [1.29, 1.82) is 0 Å². The number of nitrogens with one attached hydrogen (secondary N) is 1. The highest BCUT2D eigenvalue weighted by atomic mass is 19.1. The molecule has 0 spiro atoms. The van der Waals surface area contributed by atoms with Gasteiger partial charge in [-0.2, -0.15) is 0 Å². The summed E-state index contributed by atoms with van der Waals surface area (Å²) >= 11 is 0. The van der Waals surface area contributed by atoms with Gasteiger partial charge in [-0.15, -0.1) is 0 Å². The molecule has 4 rings (SSSR count). The summed E-state index contributed by atoms with van der Waals surface area (Å²) in [4.78, 5) is 29.2. The van der Waals surface area contributed by atoms with E-state index in [0.29, 0.717) is 32.8 Å². The molecular formula is C22H24FN3O3. The molecule has 6 nitrogen and oxygen atoms in total. The van der Waals surface area contributed by atoms with Crippen LogP contribution in [0.5, 0.6) is 0 Å². The number of nitrogens with zero attached hydrogens (tertiary/aromatic N) is 2. The van der Waals surface area contributed by atoms with Gasteiger partial charge in [0.05, 0.1) is 13.2 Å². The predicted octanol–water partition coefficient (Wildman–Crippen LogP) is 1.55. The first-order valence-electron chi connectivity index (χ1n) is 9.79. The molecule has 2 aliphatic heterocycles. The molecule has 7 heteroatoms. The minimum absolute atomic E-state index is 0.104. The zero-order valence-electron chi connectivity index (χ0n) is 16.1. The zero-order chi connectivity index (χ0) is 20.2. The highest BCUT2D eigenvalue weighted by molar-refractivity contribution is 5.97. The molecule has 2 amide bonds. The SMILES string of the molecule is O=C1N[C@@H](COCc2ccccc2)C(=O)N2CCN(Cc3cccc(F)c3)C[C@H]12. The second-order valence-electron chi connectivity index (χ2n) is 7.47. The van der Waals surface area contributed by atoms with Crippen LogP contribution in [0.3, 0.4) is 0 Å². The van der Waals surface area contributed by atoms with E-state index in [4.69, 9.17) is 4.74 Å². The van der Waals surface area contributed by atoms with Gasteiger partial charge in [0.15, 0.2) is 0 Å². The Hall–Kier alpha value is -2.77. The smallest absolute Gasteiger partial charge is 0.248 e. The quantitative estimate of drug-likeness (QED) is 0.804. The molecule has 2 saturated heterocycles. The summed E-state index contributed by atoms with van der Waals surface area (Å²) in [6.07, 6.45) is 0. The Kier molecular flexibility index (Phi) is 5.87. The number of amides is 2. The Morgan fingerprint density at radius 3 is 2.62 bits per heavy atom. The molecule has 0 aliphatic carbocycles. The van der Waals surface area contributed by atoms with Crippen molar-refractivity contribution in [2.75, 3.05) is 26.2 Å². The van der Waals surface area contributed by atoms with Crippen LogP contribution in [0.25, 0.3) is 0 Å². The number of fused-ring (bicyclic) bond motifs is 1. The van der Waals surface area contributed by atoms with Crippen molar-refractivity contribution in [2.45, 2.75) is 25.2 Å². The van der Waals surface area contributed by atoms with E-state index in [-0.39, 0.29) is 24.2 Å². The topological polar surface area (TPSA) is 61.9 Å². The third-order valence-electron chi connectivity index (χ3n) is 5.36. The molecule has 0 radical (unpaired) electrons. The van der Waals surface area contributed by atoms with Crippen LogP contribution in [0.1, 0.15) is 11.1 Å². The first kappa shape index (κ1) is 19.5. The second-order valence-corrected chi connectivity index (χ2v) is 7.47. The Morgan fingerprint density at radius 1 is 1.03 bits per heavy atom. The Labute approximate surface area is 169 Å². The molecule has 2 heterocycles. The molecule has 152 valence electrons. The third-order valence-corrected chi connectivity index (χ3v) is 5.36. The minimum Gasteiger partial charge on any atom is -0.374 e. The Balaban J connectivity index is 1.32. The van der Waals surface area contributed by atoms with Crippen molar-refractivity contribution in [1.82, 2.24) is 15.1 Å². The highest BCUT2D eigenvalue weighted by Crippen LogP contribution is 2.19. The summed E-state index contributed by atoms with van der Waals surface area (Å²) in [5, 5.41) is 2.80. The van der Waals surface area contributed by atoms with Gasteiger partial charge in [0, 0.05) is 26.2 Å². The molecule has 0 unspecified atom stereocenters. The standard InChI is InChI=1S/C22H24FN3O3/c23-18-8-4-7-17(11-18)12-25-9-10-26-20(13-25)21(27)24-19(22(26)28)15-29-14-16-5-2-1-3-6-16/h1-8,11,19-20H,9-10,12-15H2,(H,24,27)/t19-,20+/m0/s1. The normalized spacial score (nSPS) is 22.3. The van der Waals surface area contributed by atoms with Crippen molar-refractivity contribution in [3.8, 4) is 0 Å². The fraction of sp³-hybridized carbons (Fsp3) is 0.364. The highest BCUT2D eigenvalue weighted by Gasteiger charge is 2.43. The van der Waals surface area contributed by atoms with Gasteiger partial charge in [-0.3, -0.25) is 14.5 Å². The van der Waals surface area contributed by atoms with Crippen LogP contribution >= 0.6 is 0 Å². The van der Waals surface area contributed by atoms with Crippen LogP contribution in [0.15, 0.2) is 54.6 Å². The second kappa shape index (κ2) is 8.71. The van der Waals surface area contributed by atoms with Crippen molar-refractivity contribution < 1.29 is 18.7 Å². The van der Waals surface area contributed by atoms with Gasteiger partial charge in [0.2, 0.25) is 11.8 Å². The zero-order valence-corrected chi connectivity index (χ0v) is 16.1. The van der Waals surface area contributed by atoms with Gasteiger partial charge in [-0.05, 0) is 23.3 Å². The molecule has 2 aromatic carbocycles. The first-order chi connectivity index (χ1) is 14.1. The number of carbonyl (C=O) groups is 2. The van der Waals surface area contributed by atoms with Crippen molar-refractivity contribution in [3.63, 3.8) is 0 Å². The van der Waals surface area contributed by atoms with Gasteiger partial charge in [-0.1, -0.05) is 42.5 Å². The number of piperazine rings is 2. The van der Waals surface area contributed by atoms with E-state index < -0.39 is 12.1 Å². The number of halogens is 1. The summed E-state index contributed by atoms with van der Waals surface area (Å²) in [6, 6.07) is 15.0. The minimum atomic E-state index is -0.655. The lowest BCUT2D eigenvalue weighted by atomic mass is 10.0. The number of hydrogen-bond acceptors (Lipinski definition) is 4. The lowest BCUT2D eigenvalue weighted by molar-refractivity contribution is -0.155. The van der Waals surface area contributed by atoms with Crippen molar-refractivity contribution in [3.05, 3.63) is 71.5 Å². The fourth-order valence-electron chi connectivity index (χ4n) is 3.88. The monoisotopic (exact) mass is 397 g/mol. The molecule has 2 aromatic rings. The van der Waals surface area contributed by atoms with Crippen LogP contribution in [-0.2, 0) is 27.5 Å². The van der Waals surface area contributed by atoms with Crippen LogP contribution < -0.4 is 5.32 Å². The summed E-state index contributed by atoms with van der Waals surface area (Å²) in [6.45, 7) is 2.64. The van der Waals surface area contributed by atoms with Crippen LogP contribution in [0, 0.1) is 5.82 Å². The van der Waals surface area contributed by atoms with Crippen molar-refractivity contribution >= 4 is 11.8 Å². The van der Waals surface area contributed by atoms with Crippen LogP contribution in [0.2, 0.25) is 0 Å². The average Bonchev–Trinajstić information content (AvgIpc) is 2.72. The molecule has 0 aromatic heterocycles. The van der Waals surface area contributed by atoms with Crippen LogP contribution in [-0.4, -0.2) is 59.9 Å². The fourth-order valence-corrected chi connectivity index (χ4v) is 3.88. The number of benzene rings is 2. The van der Waals surface area contributed by atoms with Gasteiger partial charge < -0.3 is 15.0 Å². The molecule has 2 atom stereocenters. The van der Waals surface area contributed by atoms with Crippen molar-refractivity contribution in [2.24, 2.45) is 0 Å². The summed E-state index contributed by atoms with van der Waals surface area (Å²) in [7, 11) is 0. The maximum atomic E-state index is 13.4. The summed E-state index contributed by atoms with van der Waals surface area (Å²) < 4.78 is 19.1. The average molecular weight is 397 g/mol. The van der Waals surface area contributed by atoms with Crippen LogP contribution in [0.4, 0.5) is 4.39 Å². The van der Waals surface area contributed by atoms with E-state index >= 15 is 0 Å². The van der Waals surface area contributed by atoms with Gasteiger partial charge in [0.25, 0.3) is 0 Å². The number of carbonyl (C=O) groups excluding carboxylic acids is 2. The van der Waals surface area contributed by atoms with Gasteiger partial charge in [-0.25, -0.2) is 4.39 Å². The molecular weight excluding hydrogens is 373 g/mol. The third kappa shape index (κ3) is 4.63. The lowest BCUT2D eigenvalue weighted by Crippen LogP contribution is -2.69. The summed E-state index contributed by atoms with van der Waals surface area (Å²) in [5.41, 5.74) is 1.87.